The Morgan fingerprint density at radius 2 is 2.00 bits per heavy atom. The van der Waals surface area contributed by atoms with Crippen molar-refractivity contribution in [1.82, 2.24) is 10.1 Å². The van der Waals surface area contributed by atoms with Gasteiger partial charge in [0.25, 0.3) is 5.89 Å². The van der Waals surface area contributed by atoms with E-state index in [1.165, 1.54) is 5.56 Å². The Labute approximate surface area is 124 Å². The smallest absolute Gasteiger partial charge is 0.270 e. The Kier molecular flexibility index (Phi) is 3.68. The number of hydrogen-bond donors (Lipinski definition) is 0. The Morgan fingerprint density at radius 1 is 1.24 bits per heavy atom. The molecule has 1 fully saturated rings. The molecule has 0 aliphatic carbocycles. The van der Waals surface area contributed by atoms with E-state index in [2.05, 4.69) is 10.1 Å². The fraction of sp³-hybridized carbons (Fsp3) is 0.500. The molecule has 1 atom stereocenters. The topological polar surface area (TPSA) is 57.4 Å². The van der Waals surface area contributed by atoms with E-state index in [1.54, 1.807) is 0 Å². The monoisotopic (exact) mass is 288 g/mol. The molecule has 1 saturated heterocycles. The summed E-state index contributed by atoms with van der Waals surface area (Å²) in [6.07, 6.45) is 0.943. The number of hydrogen-bond acceptors (Lipinski definition) is 5. The summed E-state index contributed by atoms with van der Waals surface area (Å²) in [4.78, 5) is 4.49. The van der Waals surface area contributed by atoms with Crippen LogP contribution in [0.25, 0.3) is 0 Å². The first kappa shape index (κ1) is 14.1. The van der Waals surface area contributed by atoms with Crippen LogP contribution in [0.15, 0.2) is 28.8 Å². The predicted molar refractivity (Wildman–Crippen MR) is 77.3 cm³/mol. The number of aromatic nitrogens is 2. The van der Waals surface area contributed by atoms with Gasteiger partial charge in [0.2, 0.25) is 0 Å². The van der Waals surface area contributed by atoms with Crippen molar-refractivity contribution in [3.8, 4) is 5.75 Å². The molecular weight excluding hydrogens is 268 g/mol. The average molecular weight is 288 g/mol. The third-order valence-corrected chi connectivity index (χ3v) is 3.65. The van der Waals surface area contributed by atoms with E-state index >= 15 is 0 Å². The minimum atomic E-state index is -0.667. The molecule has 5 nitrogen and oxygen atoms in total. The second-order valence-corrected chi connectivity index (χ2v) is 5.94. The molecule has 1 aliphatic rings. The van der Waals surface area contributed by atoms with Gasteiger partial charge in [0.05, 0.1) is 6.61 Å². The number of aryl methyl sites for hydroxylation is 1. The zero-order chi connectivity index (χ0) is 14.9. The van der Waals surface area contributed by atoms with Crippen LogP contribution in [0.4, 0.5) is 0 Å². The molecule has 1 aromatic carbocycles. The van der Waals surface area contributed by atoms with Crippen molar-refractivity contribution in [3.63, 3.8) is 0 Å². The van der Waals surface area contributed by atoms with Crippen LogP contribution >= 0.6 is 0 Å². The van der Waals surface area contributed by atoms with Gasteiger partial charge >= 0.3 is 0 Å². The Morgan fingerprint density at radius 3 is 2.67 bits per heavy atom. The average Bonchev–Trinajstić information content (AvgIpc) is 3.11. The van der Waals surface area contributed by atoms with Gasteiger partial charge in [0, 0.05) is 12.5 Å². The molecule has 112 valence electrons. The van der Waals surface area contributed by atoms with Gasteiger partial charge in [-0.1, -0.05) is 22.9 Å². The fourth-order valence-corrected chi connectivity index (χ4v) is 2.33. The standard InChI is InChI=1S/C16H20N2O3/c1-11-4-6-13(7-5-11)20-16(2,3)15-17-14(18-21-15)12-8-9-19-10-12/h4-7,12H,8-10H2,1-3H3/t12-/m1/s1. The lowest BCUT2D eigenvalue weighted by Crippen LogP contribution is -2.25. The van der Waals surface area contributed by atoms with Crippen molar-refractivity contribution in [3.05, 3.63) is 41.5 Å². The summed E-state index contributed by atoms with van der Waals surface area (Å²) in [5.74, 6) is 2.22. The quantitative estimate of drug-likeness (QED) is 0.864. The van der Waals surface area contributed by atoms with Crippen molar-refractivity contribution in [2.75, 3.05) is 13.2 Å². The van der Waals surface area contributed by atoms with E-state index in [9.17, 15) is 0 Å². The Bertz CT molecular complexity index is 598. The SMILES string of the molecule is Cc1ccc(OC(C)(C)c2nc([C@@H]3CCOC3)no2)cc1. The largest absolute Gasteiger partial charge is 0.478 e. The van der Waals surface area contributed by atoms with Gasteiger partial charge in [0.1, 0.15) is 5.75 Å². The normalized spacial score (nSPS) is 18.9. The highest BCUT2D eigenvalue weighted by molar-refractivity contribution is 5.27. The van der Waals surface area contributed by atoms with E-state index < -0.39 is 5.60 Å². The van der Waals surface area contributed by atoms with Crippen LogP contribution in [0.5, 0.6) is 5.75 Å². The van der Waals surface area contributed by atoms with Crippen LogP contribution in [-0.4, -0.2) is 23.4 Å². The van der Waals surface area contributed by atoms with Gasteiger partial charge in [-0.3, -0.25) is 0 Å². The summed E-state index contributed by atoms with van der Waals surface area (Å²) in [6.45, 7) is 7.32. The molecule has 3 rings (SSSR count). The number of benzene rings is 1. The van der Waals surface area contributed by atoms with E-state index in [0.29, 0.717) is 18.3 Å². The molecule has 0 radical (unpaired) electrons. The maximum atomic E-state index is 5.99. The maximum Gasteiger partial charge on any atom is 0.270 e. The third-order valence-electron chi connectivity index (χ3n) is 3.65. The fourth-order valence-electron chi connectivity index (χ4n) is 2.33. The first-order chi connectivity index (χ1) is 10.0. The molecule has 0 unspecified atom stereocenters. The molecule has 0 spiro atoms. The minimum absolute atomic E-state index is 0.234. The molecule has 0 N–H and O–H groups in total. The molecule has 5 heteroatoms. The van der Waals surface area contributed by atoms with Crippen molar-refractivity contribution < 1.29 is 14.0 Å². The van der Waals surface area contributed by atoms with E-state index in [4.69, 9.17) is 14.0 Å². The first-order valence-corrected chi connectivity index (χ1v) is 7.22. The van der Waals surface area contributed by atoms with Gasteiger partial charge in [-0.2, -0.15) is 4.98 Å². The Balaban J connectivity index is 1.76. The highest BCUT2D eigenvalue weighted by Gasteiger charge is 2.32. The summed E-state index contributed by atoms with van der Waals surface area (Å²) in [5.41, 5.74) is 0.529. The number of ether oxygens (including phenoxy) is 2. The zero-order valence-electron chi connectivity index (χ0n) is 12.6. The maximum absolute atomic E-state index is 5.99. The first-order valence-electron chi connectivity index (χ1n) is 7.22. The second kappa shape index (κ2) is 5.48. The lowest BCUT2D eigenvalue weighted by atomic mass is 10.1. The second-order valence-electron chi connectivity index (χ2n) is 5.94. The van der Waals surface area contributed by atoms with Crippen LogP contribution in [0.1, 0.15) is 43.5 Å². The van der Waals surface area contributed by atoms with Crippen molar-refractivity contribution in [1.29, 1.82) is 0 Å². The van der Waals surface area contributed by atoms with Gasteiger partial charge in [-0.05, 0) is 39.3 Å². The van der Waals surface area contributed by atoms with Crippen LogP contribution < -0.4 is 4.74 Å². The molecule has 21 heavy (non-hydrogen) atoms. The molecule has 1 aromatic heterocycles. The number of nitrogens with zero attached hydrogens (tertiary/aromatic N) is 2. The third kappa shape index (κ3) is 3.08. The zero-order valence-corrected chi connectivity index (χ0v) is 12.6. The summed E-state index contributed by atoms with van der Waals surface area (Å²) in [7, 11) is 0. The lowest BCUT2D eigenvalue weighted by Gasteiger charge is -2.22. The molecule has 2 heterocycles. The molecule has 0 saturated carbocycles. The van der Waals surface area contributed by atoms with Gasteiger partial charge in [0.15, 0.2) is 11.4 Å². The van der Waals surface area contributed by atoms with Gasteiger partial charge in [-0.15, -0.1) is 0 Å². The number of rotatable bonds is 4. The van der Waals surface area contributed by atoms with Crippen LogP contribution in [0, 0.1) is 6.92 Å². The molecule has 0 amide bonds. The lowest BCUT2D eigenvalue weighted by molar-refractivity contribution is 0.0692. The summed E-state index contributed by atoms with van der Waals surface area (Å²) in [5, 5.41) is 4.07. The van der Waals surface area contributed by atoms with E-state index in [0.717, 1.165) is 18.8 Å². The summed E-state index contributed by atoms with van der Waals surface area (Å²) >= 11 is 0. The van der Waals surface area contributed by atoms with Crippen LogP contribution in [0.3, 0.4) is 0 Å². The van der Waals surface area contributed by atoms with Gasteiger partial charge in [-0.25, -0.2) is 0 Å². The predicted octanol–water partition coefficient (Wildman–Crippen LogP) is 3.20. The van der Waals surface area contributed by atoms with Crippen LogP contribution in [-0.2, 0) is 10.3 Å². The van der Waals surface area contributed by atoms with Crippen molar-refractivity contribution in [2.24, 2.45) is 0 Å². The summed E-state index contributed by atoms with van der Waals surface area (Å²) < 4.78 is 16.7. The van der Waals surface area contributed by atoms with Gasteiger partial charge < -0.3 is 14.0 Å². The Hall–Kier alpha value is -1.88. The molecule has 0 bridgehead atoms. The van der Waals surface area contributed by atoms with Crippen molar-refractivity contribution in [2.45, 2.75) is 38.7 Å². The minimum Gasteiger partial charge on any atom is -0.478 e. The van der Waals surface area contributed by atoms with Crippen LogP contribution in [0.2, 0.25) is 0 Å². The van der Waals surface area contributed by atoms with E-state index in [1.807, 2.05) is 45.0 Å². The molecule has 2 aromatic rings. The molecule has 1 aliphatic heterocycles. The van der Waals surface area contributed by atoms with Crippen molar-refractivity contribution >= 4 is 0 Å². The highest BCUT2D eigenvalue weighted by Crippen LogP contribution is 2.29. The summed E-state index contributed by atoms with van der Waals surface area (Å²) in [6, 6.07) is 7.92. The van der Waals surface area contributed by atoms with E-state index in [-0.39, 0.29) is 5.92 Å². The highest BCUT2D eigenvalue weighted by atomic mass is 16.5. The molecular formula is C16H20N2O3.